The van der Waals surface area contributed by atoms with E-state index in [0.29, 0.717) is 0 Å². The fourth-order valence-corrected chi connectivity index (χ4v) is 2.51. The van der Waals surface area contributed by atoms with Gasteiger partial charge in [0.1, 0.15) is 11.6 Å². The van der Waals surface area contributed by atoms with Crippen molar-refractivity contribution in [1.82, 2.24) is 5.32 Å². The largest absolute Gasteiger partial charge is 0.496 e. The standard InChI is InChI=1S/C19H24FNO/c1-22-19-12-11-18(20)14-17(19)10-6-3-7-13-21-15-16-8-4-2-5-9-16/h2,4-5,8-9,11-12,14,21H,3,6-7,10,13,15H2,1H3. The van der Waals surface area contributed by atoms with Gasteiger partial charge in [0, 0.05) is 6.54 Å². The van der Waals surface area contributed by atoms with E-state index in [2.05, 4.69) is 29.6 Å². The first-order chi connectivity index (χ1) is 10.8. The van der Waals surface area contributed by atoms with E-state index in [0.717, 1.165) is 50.1 Å². The van der Waals surface area contributed by atoms with Crippen molar-refractivity contribution >= 4 is 0 Å². The SMILES string of the molecule is COc1ccc(F)cc1CCCCCNCc1ccccc1. The van der Waals surface area contributed by atoms with E-state index in [1.54, 1.807) is 19.2 Å². The van der Waals surface area contributed by atoms with Crippen LogP contribution in [-0.2, 0) is 13.0 Å². The highest BCUT2D eigenvalue weighted by molar-refractivity contribution is 5.33. The number of ether oxygens (including phenoxy) is 1. The van der Waals surface area contributed by atoms with Crippen molar-refractivity contribution in [1.29, 1.82) is 0 Å². The van der Waals surface area contributed by atoms with Crippen LogP contribution >= 0.6 is 0 Å². The number of rotatable bonds is 9. The molecule has 2 rings (SSSR count). The molecule has 0 aliphatic heterocycles. The Morgan fingerprint density at radius 3 is 2.59 bits per heavy atom. The van der Waals surface area contributed by atoms with Crippen LogP contribution < -0.4 is 10.1 Å². The highest BCUT2D eigenvalue weighted by Crippen LogP contribution is 2.21. The molecule has 0 radical (unpaired) electrons. The summed E-state index contributed by atoms with van der Waals surface area (Å²) < 4.78 is 18.5. The maximum Gasteiger partial charge on any atom is 0.123 e. The smallest absolute Gasteiger partial charge is 0.123 e. The summed E-state index contributed by atoms with van der Waals surface area (Å²) in [7, 11) is 1.63. The molecule has 0 saturated carbocycles. The number of benzene rings is 2. The molecule has 3 heteroatoms. The van der Waals surface area contributed by atoms with Gasteiger partial charge in [-0.2, -0.15) is 0 Å². The summed E-state index contributed by atoms with van der Waals surface area (Å²) in [5, 5.41) is 3.45. The predicted molar refractivity (Wildman–Crippen MR) is 88.7 cm³/mol. The van der Waals surface area contributed by atoms with Crippen molar-refractivity contribution in [2.75, 3.05) is 13.7 Å². The van der Waals surface area contributed by atoms with E-state index in [-0.39, 0.29) is 5.82 Å². The van der Waals surface area contributed by atoms with Crippen LogP contribution in [0.25, 0.3) is 0 Å². The Labute approximate surface area is 132 Å². The van der Waals surface area contributed by atoms with Crippen LogP contribution in [0.2, 0.25) is 0 Å². The van der Waals surface area contributed by atoms with Crippen LogP contribution in [0.5, 0.6) is 5.75 Å². The van der Waals surface area contributed by atoms with Crippen molar-refractivity contribution in [2.24, 2.45) is 0 Å². The number of methoxy groups -OCH3 is 1. The van der Waals surface area contributed by atoms with Crippen LogP contribution in [0.3, 0.4) is 0 Å². The topological polar surface area (TPSA) is 21.3 Å². The Hall–Kier alpha value is -1.87. The maximum atomic E-state index is 13.3. The van der Waals surface area contributed by atoms with Gasteiger partial charge in [0.25, 0.3) is 0 Å². The molecule has 118 valence electrons. The molecule has 22 heavy (non-hydrogen) atoms. The minimum absolute atomic E-state index is 0.194. The van der Waals surface area contributed by atoms with E-state index in [1.165, 1.54) is 11.6 Å². The van der Waals surface area contributed by atoms with E-state index in [1.807, 2.05) is 6.07 Å². The zero-order valence-electron chi connectivity index (χ0n) is 13.1. The van der Waals surface area contributed by atoms with Crippen LogP contribution in [0, 0.1) is 5.82 Å². The van der Waals surface area contributed by atoms with E-state index in [9.17, 15) is 4.39 Å². The molecular weight excluding hydrogens is 277 g/mol. The molecule has 1 N–H and O–H groups in total. The van der Waals surface area contributed by atoms with E-state index in [4.69, 9.17) is 4.74 Å². The molecule has 0 amide bonds. The first-order valence-corrected chi connectivity index (χ1v) is 7.86. The van der Waals surface area contributed by atoms with Crippen molar-refractivity contribution in [3.05, 3.63) is 65.5 Å². The van der Waals surface area contributed by atoms with Crippen molar-refractivity contribution in [2.45, 2.75) is 32.2 Å². The van der Waals surface area contributed by atoms with Gasteiger partial charge in [-0.15, -0.1) is 0 Å². The minimum Gasteiger partial charge on any atom is -0.496 e. The summed E-state index contributed by atoms with van der Waals surface area (Å²) in [5.74, 6) is 0.587. The lowest BCUT2D eigenvalue weighted by Gasteiger charge is -2.09. The normalized spacial score (nSPS) is 10.6. The molecular formula is C19H24FNO. The Bertz CT molecular complexity index is 557. The molecule has 0 aliphatic rings. The molecule has 0 spiro atoms. The van der Waals surface area contributed by atoms with Crippen molar-refractivity contribution in [3.63, 3.8) is 0 Å². The number of aryl methyl sites for hydroxylation is 1. The summed E-state index contributed by atoms with van der Waals surface area (Å²) in [5.41, 5.74) is 2.27. The average Bonchev–Trinajstić information content (AvgIpc) is 2.55. The maximum absolute atomic E-state index is 13.3. The second-order valence-electron chi connectivity index (χ2n) is 5.43. The zero-order chi connectivity index (χ0) is 15.6. The fraction of sp³-hybridized carbons (Fsp3) is 0.368. The summed E-state index contributed by atoms with van der Waals surface area (Å²) in [6.07, 6.45) is 4.17. The third kappa shape index (κ3) is 5.49. The second-order valence-corrected chi connectivity index (χ2v) is 5.43. The average molecular weight is 301 g/mol. The van der Waals surface area contributed by atoms with Crippen molar-refractivity contribution in [3.8, 4) is 5.75 Å². The van der Waals surface area contributed by atoms with Gasteiger partial charge in [0.2, 0.25) is 0 Å². The Morgan fingerprint density at radius 2 is 1.82 bits per heavy atom. The molecule has 0 heterocycles. The highest BCUT2D eigenvalue weighted by atomic mass is 19.1. The van der Waals surface area contributed by atoms with Gasteiger partial charge in [-0.3, -0.25) is 0 Å². The van der Waals surface area contributed by atoms with Gasteiger partial charge >= 0.3 is 0 Å². The first-order valence-electron chi connectivity index (χ1n) is 7.86. The molecule has 0 saturated heterocycles. The quantitative estimate of drug-likeness (QED) is 0.696. The third-order valence-corrected chi connectivity index (χ3v) is 3.71. The van der Waals surface area contributed by atoms with Crippen LogP contribution in [0.15, 0.2) is 48.5 Å². The van der Waals surface area contributed by atoms with Gasteiger partial charge < -0.3 is 10.1 Å². The third-order valence-electron chi connectivity index (χ3n) is 3.71. The molecule has 0 aromatic heterocycles. The predicted octanol–water partition coefficient (Wildman–Crippen LogP) is 4.34. The summed E-state index contributed by atoms with van der Waals surface area (Å²) in [6, 6.07) is 15.1. The first kappa shape index (κ1) is 16.5. The van der Waals surface area contributed by atoms with Crippen LogP contribution in [0.4, 0.5) is 4.39 Å². The number of nitrogens with one attached hydrogen (secondary N) is 1. The van der Waals surface area contributed by atoms with Crippen LogP contribution in [0.1, 0.15) is 30.4 Å². The summed E-state index contributed by atoms with van der Waals surface area (Å²) >= 11 is 0. The lowest BCUT2D eigenvalue weighted by atomic mass is 10.1. The Kier molecular flexibility index (Phi) is 6.91. The molecule has 0 unspecified atom stereocenters. The van der Waals surface area contributed by atoms with Crippen molar-refractivity contribution < 1.29 is 9.13 Å². The van der Waals surface area contributed by atoms with Gasteiger partial charge in [-0.05, 0) is 55.1 Å². The molecule has 2 nitrogen and oxygen atoms in total. The van der Waals surface area contributed by atoms with Gasteiger partial charge in [0.05, 0.1) is 7.11 Å². The van der Waals surface area contributed by atoms with Gasteiger partial charge in [-0.1, -0.05) is 36.8 Å². The fourth-order valence-electron chi connectivity index (χ4n) is 2.51. The molecule has 0 fully saturated rings. The Balaban J connectivity index is 1.60. The molecule has 2 aromatic rings. The van der Waals surface area contributed by atoms with Gasteiger partial charge in [0.15, 0.2) is 0 Å². The molecule has 0 atom stereocenters. The lowest BCUT2D eigenvalue weighted by molar-refractivity contribution is 0.407. The zero-order valence-corrected chi connectivity index (χ0v) is 13.1. The second kappa shape index (κ2) is 9.21. The number of hydrogen-bond acceptors (Lipinski definition) is 2. The Morgan fingerprint density at radius 1 is 1.00 bits per heavy atom. The summed E-state index contributed by atoms with van der Waals surface area (Å²) in [4.78, 5) is 0. The number of unbranched alkanes of at least 4 members (excludes halogenated alkanes) is 2. The van der Waals surface area contributed by atoms with E-state index < -0.39 is 0 Å². The van der Waals surface area contributed by atoms with Gasteiger partial charge in [-0.25, -0.2) is 4.39 Å². The number of halogens is 1. The molecule has 2 aromatic carbocycles. The molecule has 0 bridgehead atoms. The number of hydrogen-bond donors (Lipinski definition) is 1. The minimum atomic E-state index is -0.194. The lowest BCUT2D eigenvalue weighted by Crippen LogP contribution is -2.14. The molecule has 0 aliphatic carbocycles. The highest BCUT2D eigenvalue weighted by Gasteiger charge is 2.04. The summed E-state index contributed by atoms with van der Waals surface area (Å²) in [6.45, 7) is 1.92. The van der Waals surface area contributed by atoms with E-state index >= 15 is 0 Å². The van der Waals surface area contributed by atoms with Crippen LogP contribution in [-0.4, -0.2) is 13.7 Å². The monoisotopic (exact) mass is 301 g/mol.